The number of carbonyl (C=O) groups excluding carboxylic acids is 2. The van der Waals surface area contributed by atoms with Gasteiger partial charge in [0.1, 0.15) is 6.04 Å². The first kappa shape index (κ1) is 25.7. The van der Waals surface area contributed by atoms with Crippen LogP contribution in [0.15, 0.2) is 23.8 Å². The highest BCUT2D eigenvalue weighted by Crippen LogP contribution is 2.41. The Balaban J connectivity index is 0.00000420. The number of carbonyl (C=O) groups is 2. The van der Waals surface area contributed by atoms with Gasteiger partial charge in [0.15, 0.2) is 0 Å². The highest BCUT2D eigenvalue weighted by atomic mass is 35.5. The van der Waals surface area contributed by atoms with Gasteiger partial charge in [0.05, 0.1) is 5.38 Å². The molecule has 0 radical (unpaired) electrons. The fourth-order valence-corrected chi connectivity index (χ4v) is 4.26. The Hall–Kier alpha value is -1.33. The summed E-state index contributed by atoms with van der Waals surface area (Å²) >= 11 is 6.18. The van der Waals surface area contributed by atoms with E-state index in [1.807, 2.05) is 39.5 Å². The molecule has 3 N–H and O–H groups in total. The zero-order valence-corrected chi connectivity index (χ0v) is 19.8. The summed E-state index contributed by atoms with van der Waals surface area (Å²) in [5, 5.41) is 3.08. The third-order valence-electron chi connectivity index (χ3n) is 5.92. The van der Waals surface area contributed by atoms with Gasteiger partial charge < -0.3 is 15.7 Å². The van der Waals surface area contributed by atoms with Crippen LogP contribution >= 0.6 is 11.6 Å². The number of hydrogen-bond acceptors (Lipinski definition) is 2. The van der Waals surface area contributed by atoms with E-state index < -0.39 is 11.5 Å². The molecule has 0 bridgehead atoms. The smallest absolute Gasteiger partial charge is 0.245 e. The Morgan fingerprint density at radius 1 is 1.28 bits per heavy atom. The second-order valence-electron chi connectivity index (χ2n) is 10.3. The van der Waals surface area contributed by atoms with Gasteiger partial charge in [-0.25, -0.2) is 0 Å². The van der Waals surface area contributed by atoms with Gasteiger partial charge in [-0.1, -0.05) is 66.7 Å². The second-order valence-corrected chi connectivity index (χ2v) is 10.9. The topological polar surface area (TPSA) is 80.9 Å². The summed E-state index contributed by atoms with van der Waals surface area (Å²) in [4.78, 5) is 27.7. The molecule has 3 atom stereocenters. The molecule has 1 fully saturated rings. The molecule has 1 aliphatic heterocycles. The summed E-state index contributed by atoms with van der Waals surface area (Å²) in [6.07, 6.45) is 8.28. The predicted molar refractivity (Wildman–Crippen MR) is 120 cm³/mol. The third-order valence-corrected chi connectivity index (χ3v) is 6.24. The highest BCUT2D eigenvalue weighted by Gasteiger charge is 2.41. The van der Waals surface area contributed by atoms with E-state index in [1.54, 1.807) is 0 Å². The number of halogens is 1. The van der Waals surface area contributed by atoms with E-state index in [9.17, 15) is 9.59 Å². The van der Waals surface area contributed by atoms with Gasteiger partial charge in [0, 0.05) is 18.5 Å². The number of piperidine rings is 1. The van der Waals surface area contributed by atoms with Crippen LogP contribution in [0.1, 0.15) is 61.3 Å². The molecule has 0 aromatic heterocycles. The molecular weight excluding hydrogens is 388 g/mol. The van der Waals surface area contributed by atoms with Crippen molar-refractivity contribution < 1.29 is 15.1 Å². The van der Waals surface area contributed by atoms with Gasteiger partial charge in [-0.2, -0.15) is 0 Å². The fraction of sp³-hybridized carbons (Fsp3) is 0.739. The molecule has 6 heteroatoms. The van der Waals surface area contributed by atoms with Crippen LogP contribution in [0, 0.1) is 22.7 Å². The maximum absolute atomic E-state index is 13.3. The minimum Gasteiger partial charge on any atom is -0.412 e. The number of hydrogen-bond donors (Lipinski definition) is 1. The first-order valence-corrected chi connectivity index (χ1v) is 10.9. The lowest BCUT2D eigenvalue weighted by Crippen LogP contribution is -2.57. The van der Waals surface area contributed by atoms with Gasteiger partial charge in [-0.3, -0.25) is 9.59 Å². The number of nitrogens with zero attached hydrogens (tertiary/aromatic N) is 1. The molecule has 166 valence electrons. The fourth-order valence-electron chi connectivity index (χ4n) is 4.10. The molecule has 1 aliphatic carbocycles. The number of likely N-dealkylation sites (tertiary alicyclic amines) is 1. The first-order valence-electron chi connectivity index (χ1n) is 10.4. The minimum absolute atomic E-state index is 0. The predicted octanol–water partition coefficient (Wildman–Crippen LogP) is 3.72. The van der Waals surface area contributed by atoms with E-state index >= 15 is 0 Å². The molecule has 0 aromatic rings. The second kappa shape index (κ2) is 9.65. The maximum atomic E-state index is 13.3. The Bertz CT molecular complexity index is 662. The van der Waals surface area contributed by atoms with Crippen molar-refractivity contribution in [3.05, 3.63) is 23.8 Å². The maximum Gasteiger partial charge on any atom is 0.245 e. The van der Waals surface area contributed by atoms with Gasteiger partial charge >= 0.3 is 0 Å². The van der Waals surface area contributed by atoms with Gasteiger partial charge in [-0.05, 0) is 35.7 Å². The van der Waals surface area contributed by atoms with E-state index in [-0.39, 0.29) is 34.0 Å². The van der Waals surface area contributed by atoms with Crippen molar-refractivity contribution in [1.82, 2.24) is 10.2 Å². The van der Waals surface area contributed by atoms with E-state index in [0.717, 1.165) is 19.4 Å². The molecule has 1 saturated heterocycles. The van der Waals surface area contributed by atoms with Crippen LogP contribution in [0.25, 0.3) is 0 Å². The van der Waals surface area contributed by atoms with Gasteiger partial charge in [0.25, 0.3) is 0 Å². The van der Waals surface area contributed by atoms with Crippen molar-refractivity contribution >= 4 is 23.4 Å². The molecule has 5 nitrogen and oxygen atoms in total. The molecule has 0 aromatic carbocycles. The van der Waals surface area contributed by atoms with Crippen molar-refractivity contribution in [3.63, 3.8) is 0 Å². The van der Waals surface area contributed by atoms with E-state index in [2.05, 4.69) is 37.4 Å². The van der Waals surface area contributed by atoms with Crippen LogP contribution in [-0.2, 0) is 9.59 Å². The number of allylic oxidation sites excluding steroid dienone is 4. The van der Waals surface area contributed by atoms with Crippen LogP contribution in [-0.4, -0.2) is 46.7 Å². The lowest BCUT2D eigenvalue weighted by atomic mass is 9.69. The van der Waals surface area contributed by atoms with Crippen molar-refractivity contribution in [1.29, 1.82) is 0 Å². The normalized spacial score (nSPS) is 25.1. The molecule has 1 heterocycles. The van der Waals surface area contributed by atoms with Crippen molar-refractivity contribution in [3.8, 4) is 0 Å². The molecule has 1 unspecified atom stereocenters. The van der Waals surface area contributed by atoms with Crippen molar-refractivity contribution in [2.45, 2.75) is 72.7 Å². The van der Waals surface area contributed by atoms with E-state index in [1.165, 1.54) is 5.57 Å². The lowest BCUT2D eigenvalue weighted by molar-refractivity contribution is -0.142. The molecule has 29 heavy (non-hydrogen) atoms. The molecule has 0 spiro atoms. The van der Waals surface area contributed by atoms with Crippen LogP contribution in [0.4, 0.5) is 0 Å². The Morgan fingerprint density at radius 3 is 2.34 bits per heavy atom. The lowest BCUT2D eigenvalue weighted by Gasteiger charge is -2.46. The quantitative estimate of drug-likeness (QED) is 0.695. The Labute approximate surface area is 181 Å². The molecular formula is C23H39ClN2O3. The van der Waals surface area contributed by atoms with E-state index in [0.29, 0.717) is 12.5 Å². The van der Waals surface area contributed by atoms with Crippen LogP contribution in [0.2, 0.25) is 0 Å². The number of rotatable bonds is 4. The summed E-state index contributed by atoms with van der Waals surface area (Å²) in [7, 11) is 0. The standard InChI is InChI=1S/C23H37ClN2O2.H2O/c1-15(2)19(25-21(28)22(3,4)5)20(27)26-13-12-18(23(6,7)14-26)16-8-10-17(24)11-9-16;/h8-10,15,17-19H,11-14H2,1-7H3,(H,25,28);1H2/t17?,18-,19-;/m1./s1. The molecule has 2 rings (SSSR count). The minimum atomic E-state index is -0.514. The van der Waals surface area contributed by atoms with Gasteiger partial charge in [-0.15, -0.1) is 11.6 Å². The first-order chi connectivity index (χ1) is 12.8. The zero-order valence-electron chi connectivity index (χ0n) is 19.0. The summed E-state index contributed by atoms with van der Waals surface area (Å²) in [5.74, 6) is 0.415. The van der Waals surface area contributed by atoms with Crippen LogP contribution in [0.3, 0.4) is 0 Å². The highest BCUT2D eigenvalue weighted by molar-refractivity contribution is 6.22. The van der Waals surface area contributed by atoms with Crippen LogP contribution in [0.5, 0.6) is 0 Å². The SMILES string of the molecule is CC(C)[C@@H](NC(=O)C(C)(C)C)C(=O)N1CC[C@H](C2=CCC(Cl)C=C2)C(C)(C)C1.O. The zero-order chi connectivity index (χ0) is 21.3. The summed E-state index contributed by atoms with van der Waals surface area (Å²) in [5.41, 5.74) is 0.800. The Morgan fingerprint density at radius 2 is 1.90 bits per heavy atom. The van der Waals surface area contributed by atoms with Gasteiger partial charge in [0.2, 0.25) is 11.8 Å². The average Bonchev–Trinajstić information content (AvgIpc) is 2.58. The molecule has 2 amide bonds. The largest absolute Gasteiger partial charge is 0.412 e. The average molecular weight is 427 g/mol. The molecule has 2 aliphatic rings. The number of amides is 2. The summed E-state index contributed by atoms with van der Waals surface area (Å²) in [6, 6.07) is -0.482. The van der Waals surface area contributed by atoms with Crippen molar-refractivity contribution in [2.24, 2.45) is 22.7 Å². The Kier molecular flexibility index (Phi) is 8.56. The monoisotopic (exact) mass is 426 g/mol. The molecule has 0 saturated carbocycles. The number of alkyl halides is 1. The van der Waals surface area contributed by atoms with E-state index in [4.69, 9.17) is 11.6 Å². The summed E-state index contributed by atoms with van der Waals surface area (Å²) < 4.78 is 0. The van der Waals surface area contributed by atoms with Crippen molar-refractivity contribution in [2.75, 3.05) is 13.1 Å². The summed E-state index contributed by atoms with van der Waals surface area (Å²) in [6.45, 7) is 15.5. The third kappa shape index (κ3) is 6.32. The van der Waals surface area contributed by atoms with Crippen LogP contribution < -0.4 is 5.32 Å². The number of nitrogens with one attached hydrogen (secondary N) is 1.